The minimum absolute atomic E-state index is 0.202. The molecule has 0 saturated carbocycles. The van der Waals surface area contributed by atoms with Crippen LogP contribution in [0.3, 0.4) is 0 Å². The molecule has 1 aromatic carbocycles. The van der Waals surface area contributed by atoms with E-state index in [0.717, 1.165) is 48.0 Å². The van der Waals surface area contributed by atoms with Crippen molar-refractivity contribution < 1.29 is 4.74 Å². The second-order valence-electron chi connectivity index (χ2n) is 5.72. The Labute approximate surface area is 146 Å². The van der Waals surface area contributed by atoms with Crippen LogP contribution in [0.15, 0.2) is 29.4 Å². The molecule has 0 amide bonds. The second-order valence-corrected chi connectivity index (χ2v) is 7.11. The molecule has 1 aromatic heterocycles. The number of rotatable bonds is 5. The standard InChI is InChI=1S/C16H21ClN4OS/c1-12-18-19-16(20(12)2)23-11-14-10-21(7-8-22-14)9-13-5-3-4-6-15(13)17/h3-6,14H,7-11H2,1-2H3/t14-/m0/s1. The first-order valence-corrected chi connectivity index (χ1v) is 9.06. The first-order valence-electron chi connectivity index (χ1n) is 7.69. The van der Waals surface area contributed by atoms with E-state index in [2.05, 4.69) is 21.2 Å². The van der Waals surface area contributed by atoms with Crippen molar-refractivity contribution in [3.05, 3.63) is 40.7 Å². The summed E-state index contributed by atoms with van der Waals surface area (Å²) in [5, 5.41) is 10.0. The molecule has 23 heavy (non-hydrogen) atoms. The summed E-state index contributed by atoms with van der Waals surface area (Å²) in [6.45, 7) is 5.44. The Morgan fingerprint density at radius 1 is 1.35 bits per heavy atom. The fourth-order valence-electron chi connectivity index (χ4n) is 2.57. The number of aromatic nitrogens is 3. The van der Waals surface area contributed by atoms with E-state index in [0.29, 0.717) is 0 Å². The Balaban J connectivity index is 1.54. The van der Waals surface area contributed by atoms with Crippen molar-refractivity contribution in [1.82, 2.24) is 19.7 Å². The van der Waals surface area contributed by atoms with Crippen molar-refractivity contribution in [3.63, 3.8) is 0 Å². The van der Waals surface area contributed by atoms with Gasteiger partial charge in [-0.1, -0.05) is 41.6 Å². The van der Waals surface area contributed by atoms with Crippen LogP contribution in [-0.2, 0) is 18.3 Å². The topological polar surface area (TPSA) is 43.2 Å². The Morgan fingerprint density at radius 3 is 2.91 bits per heavy atom. The van der Waals surface area contributed by atoms with Gasteiger partial charge in [0.1, 0.15) is 5.82 Å². The van der Waals surface area contributed by atoms with Gasteiger partial charge in [0.15, 0.2) is 5.16 Å². The van der Waals surface area contributed by atoms with Gasteiger partial charge in [0.05, 0.1) is 12.7 Å². The largest absolute Gasteiger partial charge is 0.375 e. The molecule has 0 radical (unpaired) electrons. The molecule has 2 aromatic rings. The van der Waals surface area contributed by atoms with Crippen molar-refractivity contribution in [1.29, 1.82) is 0 Å². The van der Waals surface area contributed by atoms with Gasteiger partial charge in [-0.15, -0.1) is 10.2 Å². The van der Waals surface area contributed by atoms with Crippen molar-refractivity contribution >= 4 is 23.4 Å². The maximum atomic E-state index is 6.26. The molecular weight excluding hydrogens is 332 g/mol. The molecular formula is C16H21ClN4OS. The number of nitrogens with zero attached hydrogens (tertiary/aromatic N) is 4. The van der Waals surface area contributed by atoms with E-state index >= 15 is 0 Å². The second kappa shape index (κ2) is 7.66. The van der Waals surface area contributed by atoms with Gasteiger partial charge in [0.2, 0.25) is 0 Å². The maximum absolute atomic E-state index is 6.26. The molecule has 1 saturated heterocycles. The summed E-state index contributed by atoms with van der Waals surface area (Å²) in [5.41, 5.74) is 1.17. The lowest BCUT2D eigenvalue weighted by Gasteiger charge is -2.32. The van der Waals surface area contributed by atoms with Crippen LogP contribution >= 0.6 is 23.4 Å². The van der Waals surface area contributed by atoms with Crippen molar-refractivity contribution in [2.24, 2.45) is 7.05 Å². The fraction of sp³-hybridized carbons (Fsp3) is 0.500. The number of hydrogen-bond donors (Lipinski definition) is 0. The van der Waals surface area contributed by atoms with Crippen LogP contribution in [0.25, 0.3) is 0 Å². The number of hydrogen-bond acceptors (Lipinski definition) is 5. The Hall–Kier alpha value is -1.08. The average molecular weight is 353 g/mol. The quantitative estimate of drug-likeness (QED) is 0.774. The summed E-state index contributed by atoms with van der Waals surface area (Å²) >= 11 is 7.96. The lowest BCUT2D eigenvalue weighted by atomic mass is 10.2. The number of morpholine rings is 1. The SMILES string of the molecule is Cc1nnc(SC[C@@H]2CN(Cc3ccccc3Cl)CCO2)n1C. The highest BCUT2D eigenvalue weighted by Gasteiger charge is 2.22. The summed E-state index contributed by atoms with van der Waals surface area (Å²) in [6, 6.07) is 8.03. The molecule has 1 atom stereocenters. The molecule has 1 aliphatic rings. The predicted octanol–water partition coefficient (Wildman–Crippen LogP) is 2.77. The van der Waals surface area contributed by atoms with Gasteiger partial charge >= 0.3 is 0 Å². The van der Waals surface area contributed by atoms with Gasteiger partial charge in [-0.05, 0) is 18.6 Å². The van der Waals surface area contributed by atoms with E-state index < -0.39 is 0 Å². The number of aryl methyl sites for hydroxylation is 1. The lowest BCUT2D eigenvalue weighted by molar-refractivity contribution is -0.0187. The van der Waals surface area contributed by atoms with Gasteiger partial charge in [-0.2, -0.15) is 0 Å². The zero-order valence-corrected chi connectivity index (χ0v) is 15.0. The zero-order valence-electron chi connectivity index (χ0n) is 13.4. The van der Waals surface area contributed by atoms with Gasteiger partial charge in [0, 0.05) is 37.5 Å². The molecule has 5 nitrogen and oxygen atoms in total. The van der Waals surface area contributed by atoms with Gasteiger partial charge in [-0.25, -0.2) is 0 Å². The van der Waals surface area contributed by atoms with E-state index in [1.807, 2.05) is 36.7 Å². The maximum Gasteiger partial charge on any atom is 0.191 e. The summed E-state index contributed by atoms with van der Waals surface area (Å²) < 4.78 is 7.90. The van der Waals surface area contributed by atoms with Crippen molar-refractivity contribution in [3.8, 4) is 0 Å². The minimum atomic E-state index is 0.202. The molecule has 124 valence electrons. The Kier molecular flexibility index (Phi) is 5.58. The third-order valence-corrected chi connectivity index (χ3v) is 5.55. The predicted molar refractivity (Wildman–Crippen MR) is 92.9 cm³/mol. The summed E-state index contributed by atoms with van der Waals surface area (Å²) in [4.78, 5) is 2.40. The normalized spacial score (nSPS) is 19.2. The summed E-state index contributed by atoms with van der Waals surface area (Å²) in [5.74, 6) is 1.81. The number of benzene rings is 1. The van der Waals surface area contributed by atoms with E-state index in [-0.39, 0.29) is 6.10 Å². The number of halogens is 1. The Morgan fingerprint density at radius 2 is 2.17 bits per heavy atom. The molecule has 1 aliphatic heterocycles. The van der Waals surface area contributed by atoms with Gasteiger partial charge in [-0.3, -0.25) is 4.90 Å². The van der Waals surface area contributed by atoms with E-state index in [1.165, 1.54) is 5.56 Å². The van der Waals surface area contributed by atoms with Crippen LogP contribution in [-0.4, -0.2) is 51.2 Å². The molecule has 3 rings (SSSR count). The third kappa shape index (κ3) is 4.26. The molecule has 0 aliphatic carbocycles. The number of thioether (sulfide) groups is 1. The van der Waals surface area contributed by atoms with Crippen LogP contribution in [0.2, 0.25) is 5.02 Å². The first-order chi connectivity index (χ1) is 11.1. The molecule has 0 bridgehead atoms. The smallest absolute Gasteiger partial charge is 0.191 e. The van der Waals surface area contributed by atoms with Gasteiger partial charge < -0.3 is 9.30 Å². The highest BCUT2D eigenvalue weighted by molar-refractivity contribution is 7.99. The third-order valence-electron chi connectivity index (χ3n) is 4.03. The molecule has 1 fully saturated rings. The van der Waals surface area contributed by atoms with Crippen LogP contribution in [0, 0.1) is 6.92 Å². The Bertz CT molecular complexity index is 663. The molecule has 0 spiro atoms. The highest BCUT2D eigenvalue weighted by atomic mass is 35.5. The van der Waals surface area contributed by atoms with Gasteiger partial charge in [0.25, 0.3) is 0 Å². The lowest BCUT2D eigenvalue weighted by Crippen LogP contribution is -2.43. The molecule has 7 heteroatoms. The molecule has 0 unspecified atom stereocenters. The summed E-state index contributed by atoms with van der Waals surface area (Å²) in [7, 11) is 1.99. The average Bonchev–Trinajstić information content (AvgIpc) is 2.87. The van der Waals surface area contributed by atoms with E-state index in [4.69, 9.17) is 16.3 Å². The summed E-state index contributed by atoms with van der Waals surface area (Å²) in [6.07, 6.45) is 0.202. The highest BCUT2D eigenvalue weighted by Crippen LogP contribution is 2.22. The molecule has 2 heterocycles. The van der Waals surface area contributed by atoms with Crippen LogP contribution in [0.4, 0.5) is 0 Å². The van der Waals surface area contributed by atoms with Crippen LogP contribution < -0.4 is 0 Å². The van der Waals surface area contributed by atoms with Crippen LogP contribution in [0.5, 0.6) is 0 Å². The van der Waals surface area contributed by atoms with Crippen molar-refractivity contribution in [2.45, 2.75) is 24.7 Å². The molecule has 0 N–H and O–H groups in total. The number of ether oxygens (including phenoxy) is 1. The fourth-order valence-corrected chi connectivity index (χ4v) is 3.73. The van der Waals surface area contributed by atoms with Crippen molar-refractivity contribution in [2.75, 3.05) is 25.4 Å². The monoisotopic (exact) mass is 352 g/mol. The van der Waals surface area contributed by atoms with E-state index in [1.54, 1.807) is 11.8 Å². The van der Waals surface area contributed by atoms with E-state index in [9.17, 15) is 0 Å². The van der Waals surface area contributed by atoms with Crippen LogP contribution in [0.1, 0.15) is 11.4 Å². The first kappa shape index (κ1) is 16.8. The zero-order chi connectivity index (χ0) is 16.2. The minimum Gasteiger partial charge on any atom is -0.375 e.